The summed E-state index contributed by atoms with van der Waals surface area (Å²) in [5.41, 5.74) is 0. The highest BCUT2D eigenvalue weighted by atomic mass is 32.2. The Morgan fingerprint density at radius 1 is 1.18 bits per heavy atom. The zero-order valence-electron chi connectivity index (χ0n) is 11.5. The van der Waals surface area contributed by atoms with E-state index in [1.54, 1.807) is 0 Å². The van der Waals surface area contributed by atoms with Crippen molar-refractivity contribution < 1.29 is 4.21 Å². The van der Waals surface area contributed by atoms with Crippen molar-refractivity contribution in [3.8, 4) is 0 Å². The molecule has 2 aliphatic rings. The molecule has 2 fully saturated rings. The largest absolute Gasteiger partial charge is 0.242 e. The van der Waals surface area contributed by atoms with Gasteiger partial charge in [-0.1, -0.05) is 25.7 Å². The summed E-state index contributed by atoms with van der Waals surface area (Å²) in [4.78, 5) is 0. The quantitative estimate of drug-likeness (QED) is 0.803. The summed E-state index contributed by atoms with van der Waals surface area (Å²) >= 11 is 0. The van der Waals surface area contributed by atoms with Crippen molar-refractivity contribution in [3.05, 3.63) is 0 Å². The molecule has 2 saturated carbocycles. The van der Waals surface area contributed by atoms with Crippen LogP contribution in [0.1, 0.15) is 65.7 Å². The number of rotatable bonds is 5. The Labute approximate surface area is 109 Å². The van der Waals surface area contributed by atoms with Crippen LogP contribution in [-0.2, 0) is 11.0 Å². The molecule has 0 saturated heterocycles. The van der Waals surface area contributed by atoms with E-state index in [0.717, 1.165) is 11.8 Å². The van der Waals surface area contributed by atoms with E-state index in [1.807, 2.05) is 0 Å². The van der Waals surface area contributed by atoms with Crippen LogP contribution in [0.25, 0.3) is 0 Å². The van der Waals surface area contributed by atoms with Crippen molar-refractivity contribution in [1.29, 1.82) is 0 Å². The van der Waals surface area contributed by atoms with Crippen LogP contribution in [0.2, 0.25) is 0 Å². The van der Waals surface area contributed by atoms with E-state index >= 15 is 0 Å². The highest BCUT2D eigenvalue weighted by molar-refractivity contribution is 7.84. The molecule has 0 aliphatic heterocycles. The van der Waals surface area contributed by atoms with E-state index in [0.29, 0.717) is 6.04 Å². The fourth-order valence-corrected chi connectivity index (χ4v) is 3.67. The van der Waals surface area contributed by atoms with Crippen LogP contribution in [0.4, 0.5) is 0 Å². The van der Waals surface area contributed by atoms with Gasteiger partial charge in [0, 0.05) is 6.04 Å². The lowest BCUT2D eigenvalue weighted by molar-refractivity contribution is 0.395. The van der Waals surface area contributed by atoms with Crippen molar-refractivity contribution >= 4 is 11.0 Å². The first-order valence-electron chi connectivity index (χ1n) is 7.15. The van der Waals surface area contributed by atoms with Crippen molar-refractivity contribution in [2.45, 2.75) is 76.5 Å². The van der Waals surface area contributed by atoms with Gasteiger partial charge in [0.25, 0.3) is 0 Å². The summed E-state index contributed by atoms with van der Waals surface area (Å²) in [6, 6.07) is 0.512. The maximum absolute atomic E-state index is 12.2. The Morgan fingerprint density at radius 2 is 1.76 bits per heavy atom. The van der Waals surface area contributed by atoms with E-state index in [9.17, 15) is 4.21 Å². The number of hydrogen-bond donors (Lipinski definition) is 1. The predicted octanol–water partition coefficient (Wildman–Crippen LogP) is 3.40. The third-order valence-corrected chi connectivity index (χ3v) is 5.70. The zero-order chi connectivity index (χ0) is 12.5. The second-order valence-electron chi connectivity index (χ2n) is 6.83. The summed E-state index contributed by atoms with van der Waals surface area (Å²) in [6.07, 6.45) is 9.54. The molecule has 0 heterocycles. The van der Waals surface area contributed by atoms with Gasteiger partial charge in [-0.15, -0.1) is 0 Å². The number of nitrogens with one attached hydrogen (secondary N) is 1. The molecule has 2 rings (SSSR count). The minimum absolute atomic E-state index is 0.136. The normalized spacial score (nSPS) is 26.1. The summed E-state index contributed by atoms with van der Waals surface area (Å²) in [6.45, 7) is 6.15. The van der Waals surface area contributed by atoms with Gasteiger partial charge < -0.3 is 0 Å². The van der Waals surface area contributed by atoms with Crippen LogP contribution < -0.4 is 4.72 Å². The van der Waals surface area contributed by atoms with Gasteiger partial charge in [-0.3, -0.25) is 0 Å². The van der Waals surface area contributed by atoms with Gasteiger partial charge >= 0.3 is 0 Å². The van der Waals surface area contributed by atoms with Gasteiger partial charge in [0.2, 0.25) is 0 Å². The molecule has 0 radical (unpaired) electrons. The number of hydrogen-bond acceptors (Lipinski definition) is 1. The summed E-state index contributed by atoms with van der Waals surface area (Å²) in [7, 11) is -0.898. The van der Waals surface area contributed by atoms with Gasteiger partial charge in [-0.2, -0.15) is 0 Å². The van der Waals surface area contributed by atoms with E-state index in [1.165, 1.54) is 44.9 Å². The average Bonchev–Trinajstić information content (AvgIpc) is 2.95. The Kier molecular flexibility index (Phi) is 4.30. The van der Waals surface area contributed by atoms with Gasteiger partial charge in [0.15, 0.2) is 0 Å². The third kappa shape index (κ3) is 4.06. The molecule has 17 heavy (non-hydrogen) atoms. The molecule has 0 aromatic rings. The van der Waals surface area contributed by atoms with Gasteiger partial charge in [-0.05, 0) is 51.9 Å². The maximum Gasteiger partial charge on any atom is 0.0972 e. The molecule has 1 unspecified atom stereocenters. The van der Waals surface area contributed by atoms with Crippen molar-refractivity contribution in [2.75, 3.05) is 0 Å². The van der Waals surface area contributed by atoms with E-state index in [-0.39, 0.29) is 4.75 Å². The molecule has 2 atom stereocenters. The second-order valence-corrected chi connectivity index (χ2v) is 8.83. The topological polar surface area (TPSA) is 29.1 Å². The molecule has 1 N–H and O–H groups in total. The minimum atomic E-state index is -0.898. The fourth-order valence-electron chi connectivity index (χ4n) is 2.75. The highest BCUT2D eigenvalue weighted by Gasteiger charge is 2.35. The lowest BCUT2D eigenvalue weighted by Gasteiger charge is -2.26. The van der Waals surface area contributed by atoms with Crippen LogP contribution in [0.15, 0.2) is 0 Å². The summed E-state index contributed by atoms with van der Waals surface area (Å²) < 4.78 is 15.5. The van der Waals surface area contributed by atoms with Crippen molar-refractivity contribution in [2.24, 2.45) is 11.8 Å². The van der Waals surface area contributed by atoms with Crippen LogP contribution >= 0.6 is 0 Å². The zero-order valence-corrected chi connectivity index (χ0v) is 12.3. The van der Waals surface area contributed by atoms with Crippen LogP contribution in [0.5, 0.6) is 0 Å². The van der Waals surface area contributed by atoms with E-state index in [2.05, 4.69) is 25.5 Å². The average molecular weight is 257 g/mol. The standard InChI is InChI=1S/C14H27NOS/c1-14(2,3)17(16)15-13(12-8-9-12)10-11-6-4-5-7-11/h11-13,15H,4-10H2,1-3H3/t13-,17?/m1/s1. The molecule has 0 aromatic heterocycles. The molecule has 3 heteroatoms. The first kappa shape index (κ1) is 13.5. The second kappa shape index (κ2) is 5.40. The molecular formula is C14H27NOS. The van der Waals surface area contributed by atoms with Crippen molar-refractivity contribution in [1.82, 2.24) is 4.72 Å². The molecule has 100 valence electrons. The van der Waals surface area contributed by atoms with Crippen LogP contribution in [0.3, 0.4) is 0 Å². The molecule has 0 bridgehead atoms. The van der Waals surface area contributed by atoms with E-state index in [4.69, 9.17) is 0 Å². The molecular weight excluding hydrogens is 230 g/mol. The molecule has 2 aliphatic carbocycles. The Hall–Kier alpha value is 0.110. The van der Waals surface area contributed by atoms with Gasteiger partial charge in [0.1, 0.15) is 0 Å². The first-order valence-corrected chi connectivity index (χ1v) is 8.30. The van der Waals surface area contributed by atoms with Crippen molar-refractivity contribution in [3.63, 3.8) is 0 Å². The first-order chi connectivity index (χ1) is 7.97. The summed E-state index contributed by atoms with van der Waals surface area (Å²) in [5, 5.41) is 0. The van der Waals surface area contributed by atoms with Crippen LogP contribution in [-0.4, -0.2) is 15.0 Å². The fraction of sp³-hybridized carbons (Fsp3) is 1.00. The van der Waals surface area contributed by atoms with Crippen LogP contribution in [0, 0.1) is 11.8 Å². The van der Waals surface area contributed by atoms with E-state index < -0.39 is 11.0 Å². The predicted molar refractivity (Wildman–Crippen MR) is 74.1 cm³/mol. The maximum atomic E-state index is 12.2. The molecule has 0 aromatic carbocycles. The highest BCUT2D eigenvalue weighted by Crippen LogP contribution is 2.39. The van der Waals surface area contributed by atoms with Gasteiger partial charge in [-0.25, -0.2) is 8.93 Å². The Balaban J connectivity index is 1.86. The minimum Gasteiger partial charge on any atom is -0.242 e. The lowest BCUT2D eigenvalue weighted by atomic mass is 9.96. The molecule has 0 amide bonds. The summed E-state index contributed by atoms with van der Waals surface area (Å²) in [5.74, 6) is 1.70. The SMILES string of the molecule is CC(C)(C)S(=O)N[C@H](CC1CCCC1)C1CC1. The third-order valence-electron chi connectivity index (χ3n) is 4.07. The van der Waals surface area contributed by atoms with Gasteiger partial charge in [0.05, 0.1) is 15.7 Å². The monoisotopic (exact) mass is 257 g/mol. The Morgan fingerprint density at radius 3 is 2.24 bits per heavy atom. The molecule has 2 nitrogen and oxygen atoms in total. The Bertz CT molecular complexity index is 274. The smallest absolute Gasteiger partial charge is 0.0972 e. The molecule has 0 spiro atoms. The lowest BCUT2D eigenvalue weighted by Crippen LogP contribution is -2.41.